The normalized spacial score (nSPS) is 19.7. The van der Waals surface area contributed by atoms with E-state index in [-0.39, 0.29) is 22.7 Å². The van der Waals surface area contributed by atoms with E-state index in [1.165, 1.54) is 17.3 Å². The maximum Gasteiger partial charge on any atom is 0.272 e. The number of rotatable bonds is 3. The number of amides is 1. The molecule has 1 fully saturated rings. The number of carbonyl (C=O) groups excluding carboxylic acids is 1. The van der Waals surface area contributed by atoms with Crippen molar-refractivity contribution in [3.8, 4) is 0 Å². The Bertz CT molecular complexity index is 808. The Hall–Kier alpha value is -2.18. The molecule has 0 radical (unpaired) electrons. The van der Waals surface area contributed by atoms with Gasteiger partial charge in [0.1, 0.15) is 0 Å². The fraction of sp³-hybridized carbons (Fsp3) is 0.421. The summed E-state index contributed by atoms with van der Waals surface area (Å²) in [4.78, 5) is 23.6. The first-order valence-electron chi connectivity index (χ1n) is 8.96. The van der Waals surface area contributed by atoms with E-state index in [1.54, 1.807) is 0 Å². The number of hydrogen-bond acceptors (Lipinski definition) is 5. The number of halogens is 1. The first-order chi connectivity index (χ1) is 12.7. The van der Waals surface area contributed by atoms with Crippen molar-refractivity contribution in [1.82, 2.24) is 15.3 Å². The zero-order valence-electron chi connectivity index (χ0n) is 14.4. The lowest BCUT2D eigenvalue weighted by Crippen LogP contribution is -2.38. The summed E-state index contributed by atoms with van der Waals surface area (Å²) in [6, 6.07) is 8.25. The van der Waals surface area contributed by atoms with E-state index in [0.29, 0.717) is 32.3 Å². The van der Waals surface area contributed by atoms with Crippen LogP contribution in [0.5, 0.6) is 0 Å². The molecule has 26 heavy (non-hydrogen) atoms. The van der Waals surface area contributed by atoms with E-state index in [1.807, 2.05) is 17.0 Å². The van der Waals surface area contributed by atoms with Gasteiger partial charge >= 0.3 is 0 Å². The van der Waals surface area contributed by atoms with Crippen LogP contribution in [0.2, 0.25) is 5.02 Å². The van der Waals surface area contributed by atoms with E-state index in [0.717, 1.165) is 19.3 Å². The molecule has 0 saturated carbocycles. The average molecular weight is 373 g/mol. The summed E-state index contributed by atoms with van der Waals surface area (Å²) in [6.45, 7) is 2.68. The zero-order valence-corrected chi connectivity index (χ0v) is 15.2. The van der Waals surface area contributed by atoms with E-state index in [9.17, 15) is 4.79 Å². The number of nitrogens with one attached hydrogen (secondary N) is 1. The standard InChI is InChI=1S/C19H21ClN4O2/c20-15-12-21-19(24-8-10-26-11-9-24)23-17(15)18(25)22-16-7-3-5-13-4-1-2-6-14(13)16/h1-2,4,6,12,16H,3,5,7-11H2,(H,22,25)/t16-/m0/s1. The minimum Gasteiger partial charge on any atom is -0.378 e. The minimum atomic E-state index is -0.256. The smallest absolute Gasteiger partial charge is 0.272 e. The predicted octanol–water partition coefficient (Wildman–Crippen LogP) is 2.77. The van der Waals surface area contributed by atoms with Gasteiger partial charge in [-0.15, -0.1) is 0 Å². The lowest BCUT2D eigenvalue weighted by atomic mass is 9.87. The lowest BCUT2D eigenvalue weighted by molar-refractivity contribution is 0.0927. The first-order valence-corrected chi connectivity index (χ1v) is 9.34. The number of anilines is 1. The number of carbonyl (C=O) groups is 1. The largest absolute Gasteiger partial charge is 0.378 e. The molecule has 1 saturated heterocycles. The van der Waals surface area contributed by atoms with Crippen LogP contribution in [0.15, 0.2) is 30.5 Å². The number of hydrogen-bond donors (Lipinski definition) is 1. The van der Waals surface area contributed by atoms with Crippen molar-refractivity contribution in [1.29, 1.82) is 0 Å². The maximum absolute atomic E-state index is 12.8. The SMILES string of the molecule is O=C(N[C@H]1CCCc2ccccc21)c1nc(N2CCOCC2)ncc1Cl. The van der Waals surface area contributed by atoms with Crippen molar-refractivity contribution in [2.45, 2.75) is 25.3 Å². The van der Waals surface area contributed by atoms with Crippen LogP contribution in [-0.2, 0) is 11.2 Å². The van der Waals surface area contributed by atoms with Crippen LogP contribution in [0.3, 0.4) is 0 Å². The molecule has 1 aromatic heterocycles. The third kappa shape index (κ3) is 3.52. The Morgan fingerprint density at radius 2 is 2.08 bits per heavy atom. The highest BCUT2D eigenvalue weighted by molar-refractivity contribution is 6.33. The van der Waals surface area contributed by atoms with Gasteiger partial charge in [0.05, 0.1) is 30.5 Å². The Kier molecular flexibility index (Phi) is 5.04. The Morgan fingerprint density at radius 1 is 1.27 bits per heavy atom. The molecule has 4 rings (SSSR count). The maximum atomic E-state index is 12.8. The number of nitrogens with zero attached hydrogens (tertiary/aromatic N) is 3. The Balaban J connectivity index is 1.55. The molecule has 0 unspecified atom stereocenters. The number of fused-ring (bicyclic) bond motifs is 1. The molecule has 1 aliphatic heterocycles. The van der Waals surface area contributed by atoms with Crippen LogP contribution in [0.25, 0.3) is 0 Å². The van der Waals surface area contributed by atoms with E-state index in [4.69, 9.17) is 16.3 Å². The van der Waals surface area contributed by atoms with Gasteiger partial charge in [0.25, 0.3) is 5.91 Å². The number of morpholine rings is 1. The first kappa shape index (κ1) is 17.2. The van der Waals surface area contributed by atoms with Gasteiger partial charge in [0, 0.05) is 13.1 Å². The van der Waals surface area contributed by atoms with Gasteiger partial charge in [-0.3, -0.25) is 4.79 Å². The van der Waals surface area contributed by atoms with Gasteiger partial charge in [-0.25, -0.2) is 9.97 Å². The summed E-state index contributed by atoms with van der Waals surface area (Å²) in [7, 11) is 0. The lowest BCUT2D eigenvalue weighted by Gasteiger charge is -2.28. The molecule has 1 aromatic carbocycles. The Labute approximate surface area is 157 Å². The second-order valence-corrected chi connectivity index (χ2v) is 6.99. The van der Waals surface area contributed by atoms with Gasteiger partial charge in [-0.2, -0.15) is 0 Å². The molecule has 0 spiro atoms. The Morgan fingerprint density at radius 3 is 2.92 bits per heavy atom. The van der Waals surface area contributed by atoms with Crippen molar-refractivity contribution in [2.24, 2.45) is 0 Å². The average Bonchev–Trinajstić information content (AvgIpc) is 2.69. The van der Waals surface area contributed by atoms with Crippen LogP contribution in [0.4, 0.5) is 5.95 Å². The van der Waals surface area contributed by atoms with Crippen LogP contribution in [-0.4, -0.2) is 42.2 Å². The molecule has 2 aromatic rings. The molecule has 1 amide bonds. The number of ether oxygens (including phenoxy) is 1. The van der Waals surface area contributed by atoms with Crippen molar-refractivity contribution in [3.63, 3.8) is 0 Å². The van der Waals surface area contributed by atoms with Gasteiger partial charge in [0.2, 0.25) is 5.95 Å². The van der Waals surface area contributed by atoms with Gasteiger partial charge < -0.3 is 15.0 Å². The van der Waals surface area contributed by atoms with Crippen molar-refractivity contribution < 1.29 is 9.53 Å². The van der Waals surface area contributed by atoms with Crippen LogP contribution in [0.1, 0.15) is 40.5 Å². The van der Waals surface area contributed by atoms with E-state index < -0.39 is 0 Å². The highest BCUT2D eigenvalue weighted by Crippen LogP contribution is 2.30. The van der Waals surface area contributed by atoms with Crippen LogP contribution >= 0.6 is 11.6 Å². The highest BCUT2D eigenvalue weighted by Gasteiger charge is 2.24. The molecule has 6 nitrogen and oxygen atoms in total. The third-order valence-electron chi connectivity index (χ3n) is 4.92. The summed E-state index contributed by atoms with van der Waals surface area (Å²) in [5.41, 5.74) is 2.71. The summed E-state index contributed by atoms with van der Waals surface area (Å²) in [5, 5.41) is 3.37. The second-order valence-electron chi connectivity index (χ2n) is 6.58. The summed E-state index contributed by atoms with van der Waals surface area (Å²) in [5.74, 6) is 0.264. The van der Waals surface area contributed by atoms with E-state index in [2.05, 4.69) is 27.4 Å². The predicted molar refractivity (Wildman–Crippen MR) is 99.7 cm³/mol. The fourth-order valence-electron chi connectivity index (χ4n) is 3.56. The summed E-state index contributed by atoms with van der Waals surface area (Å²) < 4.78 is 5.35. The molecular weight excluding hydrogens is 352 g/mol. The number of aryl methyl sites for hydroxylation is 1. The molecule has 1 atom stereocenters. The molecule has 1 aliphatic carbocycles. The second kappa shape index (κ2) is 7.60. The van der Waals surface area contributed by atoms with Crippen molar-refractivity contribution in [3.05, 3.63) is 52.3 Å². The van der Waals surface area contributed by atoms with Crippen LogP contribution in [0, 0.1) is 0 Å². The van der Waals surface area contributed by atoms with E-state index >= 15 is 0 Å². The quantitative estimate of drug-likeness (QED) is 0.897. The van der Waals surface area contributed by atoms with Gasteiger partial charge in [0.15, 0.2) is 5.69 Å². The van der Waals surface area contributed by atoms with Gasteiger partial charge in [-0.1, -0.05) is 35.9 Å². The van der Waals surface area contributed by atoms with Crippen LogP contribution < -0.4 is 10.2 Å². The number of benzene rings is 1. The molecule has 2 heterocycles. The zero-order chi connectivity index (χ0) is 17.9. The number of aromatic nitrogens is 2. The highest BCUT2D eigenvalue weighted by atomic mass is 35.5. The molecule has 7 heteroatoms. The van der Waals surface area contributed by atoms with Crippen molar-refractivity contribution in [2.75, 3.05) is 31.2 Å². The topological polar surface area (TPSA) is 67.4 Å². The molecule has 1 N–H and O–H groups in total. The molecule has 136 valence electrons. The minimum absolute atomic E-state index is 0.00896. The van der Waals surface area contributed by atoms with Gasteiger partial charge in [-0.05, 0) is 30.4 Å². The fourth-order valence-corrected chi connectivity index (χ4v) is 3.74. The summed E-state index contributed by atoms with van der Waals surface area (Å²) >= 11 is 6.22. The third-order valence-corrected chi connectivity index (χ3v) is 5.19. The summed E-state index contributed by atoms with van der Waals surface area (Å²) in [6.07, 6.45) is 4.53. The molecular formula is C19H21ClN4O2. The monoisotopic (exact) mass is 372 g/mol. The van der Waals surface area contributed by atoms with Crippen molar-refractivity contribution >= 4 is 23.5 Å². The molecule has 0 bridgehead atoms. The molecule has 2 aliphatic rings.